The molecule has 2 aromatic heterocycles. The predicted octanol–water partition coefficient (Wildman–Crippen LogP) is 5.83. The number of aromatic nitrogens is 3. The van der Waals surface area contributed by atoms with Gasteiger partial charge in [-0.1, -0.05) is 47.5 Å². The molecule has 4 rings (SSSR count). The average molecular weight is 450 g/mol. The van der Waals surface area contributed by atoms with Crippen molar-refractivity contribution in [3.05, 3.63) is 92.3 Å². The number of pyridine rings is 1. The van der Waals surface area contributed by atoms with Crippen molar-refractivity contribution >= 4 is 34.1 Å². The van der Waals surface area contributed by atoms with Gasteiger partial charge in [0.05, 0.1) is 33.4 Å². The molecule has 0 unspecified atom stereocenters. The fraction of sp³-hybridized carbons (Fsp3) is 0.0952. The highest BCUT2D eigenvalue weighted by atomic mass is 35.5. The minimum absolute atomic E-state index is 0.0596. The van der Waals surface area contributed by atoms with Crippen molar-refractivity contribution < 1.29 is 13.2 Å². The van der Waals surface area contributed by atoms with Gasteiger partial charge in [-0.3, -0.25) is 14.5 Å². The number of nitrogens with zero attached hydrogens (tertiary/aromatic N) is 3. The molecule has 9 heteroatoms. The van der Waals surface area contributed by atoms with Gasteiger partial charge in [0.2, 0.25) is 5.43 Å². The third kappa shape index (κ3) is 3.78. The van der Waals surface area contributed by atoms with Gasteiger partial charge in [0.1, 0.15) is 5.69 Å². The number of benzene rings is 2. The number of halogens is 5. The van der Waals surface area contributed by atoms with E-state index in [0.29, 0.717) is 22.2 Å². The van der Waals surface area contributed by atoms with E-state index in [4.69, 9.17) is 23.2 Å². The van der Waals surface area contributed by atoms with Crippen LogP contribution in [0.3, 0.4) is 0 Å². The van der Waals surface area contributed by atoms with Crippen molar-refractivity contribution in [3.63, 3.8) is 0 Å². The molecule has 0 atom stereocenters. The fourth-order valence-corrected chi connectivity index (χ4v) is 3.45. The van der Waals surface area contributed by atoms with Crippen molar-refractivity contribution in [1.82, 2.24) is 14.8 Å². The Labute approximate surface area is 178 Å². The van der Waals surface area contributed by atoms with Crippen molar-refractivity contribution in [2.45, 2.75) is 12.7 Å². The number of fused-ring (bicyclic) bond motifs is 1. The summed E-state index contributed by atoms with van der Waals surface area (Å²) in [4.78, 5) is 16.9. The molecule has 0 spiro atoms. The summed E-state index contributed by atoms with van der Waals surface area (Å²) < 4.78 is 39.9. The second kappa shape index (κ2) is 7.74. The molecule has 0 radical (unpaired) electrons. The van der Waals surface area contributed by atoms with Crippen molar-refractivity contribution in [2.75, 3.05) is 0 Å². The maximum Gasteiger partial charge on any atom is 0.417 e. The van der Waals surface area contributed by atoms with Gasteiger partial charge >= 0.3 is 6.18 Å². The number of para-hydroxylation sites is 1. The lowest BCUT2D eigenvalue weighted by atomic mass is 10.1. The Balaban J connectivity index is 1.87. The van der Waals surface area contributed by atoms with E-state index in [1.54, 1.807) is 42.5 Å². The van der Waals surface area contributed by atoms with Crippen LogP contribution in [0.1, 0.15) is 11.3 Å². The summed E-state index contributed by atoms with van der Waals surface area (Å²) in [5.74, 6) is 0. The van der Waals surface area contributed by atoms with Gasteiger partial charge in [0.15, 0.2) is 0 Å². The quantitative estimate of drug-likeness (QED) is 0.395. The lowest BCUT2D eigenvalue weighted by molar-refractivity contribution is -0.137. The standard InChI is InChI=1S/C21H12Cl2F3N3O/c22-16-6-3-5-15(18(16)23)19-20(30)14-4-1-2-7-17(14)29(28-19)11-13-9-8-12(10-27-13)21(24,25)26/h1-10H,11H2. The molecule has 0 fully saturated rings. The molecule has 0 aliphatic heterocycles. The SMILES string of the molecule is O=c1c(-c2cccc(Cl)c2Cl)nn(Cc2ccc(C(F)(F)F)cn2)c2ccccc12. The van der Waals surface area contributed by atoms with E-state index in [2.05, 4.69) is 10.1 Å². The number of hydrogen-bond donors (Lipinski definition) is 0. The summed E-state index contributed by atoms with van der Waals surface area (Å²) in [5, 5.41) is 5.30. The van der Waals surface area contributed by atoms with Crippen LogP contribution in [0.5, 0.6) is 0 Å². The topological polar surface area (TPSA) is 47.8 Å². The van der Waals surface area contributed by atoms with Gasteiger partial charge in [-0.05, 0) is 30.3 Å². The van der Waals surface area contributed by atoms with Crippen LogP contribution < -0.4 is 5.43 Å². The minimum atomic E-state index is -4.47. The molecule has 0 amide bonds. The Kier molecular flexibility index (Phi) is 5.26. The van der Waals surface area contributed by atoms with Gasteiger partial charge in [-0.15, -0.1) is 0 Å². The van der Waals surface area contributed by atoms with Crippen LogP contribution in [0.4, 0.5) is 13.2 Å². The highest BCUT2D eigenvalue weighted by Gasteiger charge is 2.30. The van der Waals surface area contributed by atoms with Gasteiger partial charge in [-0.25, -0.2) is 0 Å². The van der Waals surface area contributed by atoms with Crippen LogP contribution in [0, 0.1) is 0 Å². The zero-order valence-electron chi connectivity index (χ0n) is 15.1. The molecule has 0 bridgehead atoms. The van der Waals surface area contributed by atoms with Crippen LogP contribution in [-0.4, -0.2) is 14.8 Å². The molecule has 0 saturated heterocycles. The average Bonchev–Trinajstić information content (AvgIpc) is 2.72. The first kappa shape index (κ1) is 20.4. The minimum Gasteiger partial charge on any atom is -0.287 e. The Hall–Kier alpha value is -2.90. The van der Waals surface area contributed by atoms with Gasteiger partial charge in [0.25, 0.3) is 0 Å². The van der Waals surface area contributed by atoms with E-state index in [-0.39, 0.29) is 27.7 Å². The van der Waals surface area contributed by atoms with Crippen molar-refractivity contribution in [2.24, 2.45) is 0 Å². The third-order valence-corrected chi connectivity index (χ3v) is 5.35. The van der Waals surface area contributed by atoms with Crippen LogP contribution in [0.2, 0.25) is 10.0 Å². The lowest BCUT2D eigenvalue weighted by Gasteiger charge is -2.13. The zero-order chi connectivity index (χ0) is 21.5. The van der Waals surface area contributed by atoms with Crippen LogP contribution in [0.15, 0.2) is 65.6 Å². The summed E-state index contributed by atoms with van der Waals surface area (Å²) in [5.41, 5.74) is 0.169. The summed E-state index contributed by atoms with van der Waals surface area (Å²) in [6.07, 6.45) is -3.70. The fourth-order valence-electron chi connectivity index (χ4n) is 3.06. The molecule has 4 nitrogen and oxygen atoms in total. The van der Waals surface area contributed by atoms with E-state index in [9.17, 15) is 18.0 Å². The van der Waals surface area contributed by atoms with E-state index >= 15 is 0 Å². The molecule has 30 heavy (non-hydrogen) atoms. The van der Waals surface area contributed by atoms with Crippen molar-refractivity contribution in [3.8, 4) is 11.3 Å². The first-order valence-corrected chi connectivity index (χ1v) is 9.47. The second-order valence-corrected chi connectivity index (χ2v) is 7.28. The molecule has 0 N–H and O–H groups in total. The Bertz CT molecular complexity index is 1300. The number of rotatable bonds is 3. The lowest BCUT2D eigenvalue weighted by Crippen LogP contribution is -2.18. The van der Waals surface area contributed by atoms with Crippen LogP contribution in [0.25, 0.3) is 22.2 Å². The Morgan fingerprint density at radius 2 is 1.73 bits per heavy atom. The molecule has 152 valence electrons. The van der Waals surface area contributed by atoms with E-state index in [1.165, 1.54) is 10.7 Å². The molecule has 0 aliphatic rings. The summed E-state index contributed by atoms with van der Waals surface area (Å²) in [6.45, 7) is 0.0596. The third-order valence-electron chi connectivity index (χ3n) is 4.53. The van der Waals surface area contributed by atoms with Crippen LogP contribution >= 0.6 is 23.2 Å². The number of hydrogen-bond acceptors (Lipinski definition) is 3. The molecule has 4 aromatic rings. The van der Waals surface area contributed by atoms with Gasteiger partial charge in [0, 0.05) is 17.1 Å². The molecular weight excluding hydrogens is 438 g/mol. The second-order valence-electron chi connectivity index (χ2n) is 6.49. The predicted molar refractivity (Wildman–Crippen MR) is 110 cm³/mol. The summed E-state index contributed by atoms with van der Waals surface area (Å²) >= 11 is 12.4. The van der Waals surface area contributed by atoms with Gasteiger partial charge < -0.3 is 0 Å². The zero-order valence-corrected chi connectivity index (χ0v) is 16.6. The van der Waals surface area contributed by atoms with Crippen LogP contribution in [-0.2, 0) is 12.7 Å². The molecular formula is C21H12Cl2F3N3O. The Morgan fingerprint density at radius 3 is 2.43 bits per heavy atom. The van der Waals surface area contributed by atoms with Crippen molar-refractivity contribution in [1.29, 1.82) is 0 Å². The normalized spacial score (nSPS) is 11.8. The molecule has 0 aliphatic carbocycles. The van der Waals surface area contributed by atoms with Gasteiger partial charge in [-0.2, -0.15) is 18.3 Å². The smallest absolute Gasteiger partial charge is 0.287 e. The van der Waals surface area contributed by atoms with E-state index in [0.717, 1.165) is 12.3 Å². The monoisotopic (exact) mass is 449 g/mol. The Morgan fingerprint density at radius 1 is 0.967 bits per heavy atom. The molecule has 0 saturated carbocycles. The first-order valence-electron chi connectivity index (χ1n) is 8.72. The maximum absolute atomic E-state index is 13.0. The number of alkyl halides is 3. The van der Waals surface area contributed by atoms with E-state index < -0.39 is 11.7 Å². The molecule has 2 aromatic carbocycles. The summed E-state index contributed by atoms with van der Waals surface area (Å²) in [6, 6.07) is 13.9. The first-order chi connectivity index (χ1) is 14.3. The largest absolute Gasteiger partial charge is 0.417 e. The summed E-state index contributed by atoms with van der Waals surface area (Å²) in [7, 11) is 0. The maximum atomic E-state index is 13.0. The highest BCUT2D eigenvalue weighted by Crippen LogP contribution is 2.32. The van der Waals surface area contributed by atoms with E-state index in [1.807, 2.05) is 0 Å². The molecule has 2 heterocycles. The highest BCUT2D eigenvalue weighted by molar-refractivity contribution is 6.43.